The van der Waals surface area contributed by atoms with Crippen LogP contribution in [0.2, 0.25) is 0 Å². The number of nitrogens with two attached hydrogens (primary N) is 1. The lowest BCUT2D eigenvalue weighted by Crippen LogP contribution is -2.65. The number of aliphatic hydroxyl groups excluding tert-OH is 2. The summed E-state index contributed by atoms with van der Waals surface area (Å²) >= 11 is 3.46. The van der Waals surface area contributed by atoms with Crippen molar-refractivity contribution in [1.29, 1.82) is 0 Å². The topological polar surface area (TPSA) is 161 Å². The molecule has 0 aromatic heterocycles. The first-order valence-corrected chi connectivity index (χ1v) is 12.4. The summed E-state index contributed by atoms with van der Waals surface area (Å²) in [6.07, 6.45) is 0.268. The van der Waals surface area contributed by atoms with Gasteiger partial charge in [-0.1, -0.05) is 34.1 Å². The van der Waals surface area contributed by atoms with Crippen LogP contribution >= 0.6 is 15.9 Å². The number of halogens is 1. The van der Waals surface area contributed by atoms with E-state index in [1.54, 1.807) is 20.2 Å². The fourth-order valence-corrected chi connectivity index (χ4v) is 6.57. The first kappa shape index (κ1) is 25.2. The van der Waals surface area contributed by atoms with Crippen LogP contribution in [0.4, 0.5) is 0 Å². The number of aromatic hydroxyl groups is 1. The van der Waals surface area contributed by atoms with E-state index >= 15 is 0 Å². The molecule has 10 heteroatoms. The van der Waals surface area contributed by atoms with E-state index in [1.165, 1.54) is 11.0 Å². The maximum atomic E-state index is 13.9. The van der Waals surface area contributed by atoms with E-state index < -0.39 is 58.0 Å². The highest BCUT2D eigenvalue weighted by atomic mass is 79.9. The van der Waals surface area contributed by atoms with Crippen molar-refractivity contribution in [3.63, 3.8) is 0 Å². The van der Waals surface area contributed by atoms with Crippen LogP contribution in [0.1, 0.15) is 17.5 Å². The average Bonchev–Trinajstić information content (AvgIpc) is 2.81. The van der Waals surface area contributed by atoms with Crippen molar-refractivity contribution in [2.45, 2.75) is 24.5 Å². The highest BCUT2D eigenvalue weighted by Gasteiger charge is 2.64. The molecule has 0 aliphatic heterocycles. The van der Waals surface area contributed by atoms with Crippen molar-refractivity contribution in [3.8, 4) is 16.9 Å². The largest absolute Gasteiger partial charge is 0.508 e. The minimum atomic E-state index is -2.65. The summed E-state index contributed by atoms with van der Waals surface area (Å²) < 4.78 is 0.836. The SMILES string of the molecule is CN(C)[C@@H]1C(=O)C(C(N)=O)=C(O)[C@@]2(O)C(=O)C3=C(O)c4c(O)ccc(-c5cccc(Br)c5)c4C[C@H]3C[C@@H]12. The zero-order chi connectivity index (χ0) is 27.0. The quantitative estimate of drug-likeness (QED) is 0.352. The van der Waals surface area contributed by atoms with Crippen molar-refractivity contribution in [2.75, 3.05) is 14.1 Å². The molecule has 0 bridgehead atoms. The van der Waals surface area contributed by atoms with Crippen molar-refractivity contribution >= 4 is 39.2 Å². The highest BCUT2D eigenvalue weighted by Crippen LogP contribution is 2.53. The molecular weight excluding hydrogens is 544 g/mol. The molecule has 37 heavy (non-hydrogen) atoms. The van der Waals surface area contributed by atoms with Gasteiger partial charge in [0.15, 0.2) is 11.4 Å². The number of amides is 1. The Morgan fingerprint density at radius 1 is 1.14 bits per heavy atom. The van der Waals surface area contributed by atoms with Gasteiger partial charge in [-0.25, -0.2) is 0 Å². The monoisotopic (exact) mass is 568 g/mol. The molecule has 2 aromatic rings. The van der Waals surface area contributed by atoms with E-state index in [9.17, 15) is 34.8 Å². The van der Waals surface area contributed by atoms with Gasteiger partial charge in [0.2, 0.25) is 5.78 Å². The number of aliphatic hydroxyl groups is 3. The van der Waals surface area contributed by atoms with Gasteiger partial charge in [0.05, 0.1) is 11.6 Å². The molecule has 1 saturated carbocycles. The fraction of sp³-hybridized carbons (Fsp3) is 0.296. The van der Waals surface area contributed by atoms with E-state index in [0.29, 0.717) is 5.56 Å². The lowest BCUT2D eigenvalue weighted by Gasteiger charge is -2.50. The Morgan fingerprint density at radius 2 is 1.84 bits per heavy atom. The predicted molar refractivity (Wildman–Crippen MR) is 137 cm³/mol. The minimum absolute atomic E-state index is 0.0410. The first-order chi connectivity index (χ1) is 17.4. The summed E-state index contributed by atoms with van der Waals surface area (Å²) in [6.45, 7) is 0. The van der Waals surface area contributed by atoms with Gasteiger partial charge in [-0.2, -0.15) is 0 Å². The molecule has 2 aromatic carbocycles. The van der Waals surface area contributed by atoms with Crippen LogP contribution in [-0.4, -0.2) is 68.5 Å². The minimum Gasteiger partial charge on any atom is -0.508 e. The normalized spacial score (nSPS) is 27.2. The Kier molecular flexibility index (Phi) is 5.82. The second kappa shape index (κ2) is 8.54. The average molecular weight is 569 g/mol. The van der Waals surface area contributed by atoms with E-state index in [4.69, 9.17) is 5.73 Å². The third kappa shape index (κ3) is 3.47. The third-order valence-corrected chi connectivity index (χ3v) is 8.23. The van der Waals surface area contributed by atoms with Crippen molar-refractivity contribution in [3.05, 3.63) is 68.9 Å². The molecule has 0 saturated heterocycles. The molecule has 1 fully saturated rings. The number of carbonyl (C=O) groups excluding carboxylic acids is 3. The van der Waals surface area contributed by atoms with Gasteiger partial charge in [-0.05, 0) is 67.7 Å². The summed E-state index contributed by atoms with van der Waals surface area (Å²) in [5, 5.41) is 44.6. The van der Waals surface area contributed by atoms with Gasteiger partial charge in [0, 0.05) is 16.0 Å². The second-order valence-electron chi connectivity index (χ2n) is 9.96. The van der Waals surface area contributed by atoms with Gasteiger partial charge < -0.3 is 26.2 Å². The van der Waals surface area contributed by atoms with Crippen LogP contribution in [0.15, 0.2) is 57.8 Å². The van der Waals surface area contributed by atoms with Crippen LogP contribution in [0, 0.1) is 11.8 Å². The van der Waals surface area contributed by atoms with Gasteiger partial charge in [0.1, 0.15) is 22.8 Å². The molecule has 1 amide bonds. The first-order valence-electron chi connectivity index (χ1n) is 11.6. The summed E-state index contributed by atoms with van der Waals surface area (Å²) in [6, 6.07) is 9.53. The number of benzene rings is 2. The number of primary amides is 1. The molecule has 5 rings (SSSR count). The number of likely N-dealkylation sites (N-methyl/N-ethyl adjacent to an activating group) is 1. The number of rotatable bonds is 3. The Morgan fingerprint density at radius 3 is 2.46 bits per heavy atom. The van der Waals surface area contributed by atoms with Crippen molar-refractivity contribution in [1.82, 2.24) is 4.90 Å². The highest BCUT2D eigenvalue weighted by molar-refractivity contribution is 9.10. The Labute approximate surface area is 220 Å². The maximum Gasteiger partial charge on any atom is 0.255 e. The number of hydrogen-bond acceptors (Lipinski definition) is 8. The molecule has 0 unspecified atom stereocenters. The number of nitrogens with zero attached hydrogens (tertiary/aromatic N) is 1. The number of phenolic OH excluding ortho intramolecular Hbond substituents is 1. The number of fused-ring (bicyclic) bond motifs is 3. The molecule has 0 heterocycles. The summed E-state index contributed by atoms with van der Waals surface area (Å²) in [5.41, 5.74) is 3.94. The Bertz CT molecular complexity index is 1460. The predicted octanol–water partition coefficient (Wildman–Crippen LogP) is 2.39. The Balaban J connectivity index is 1.75. The third-order valence-electron chi connectivity index (χ3n) is 7.74. The van der Waals surface area contributed by atoms with Gasteiger partial charge in [-0.15, -0.1) is 0 Å². The molecule has 4 atom stereocenters. The van der Waals surface area contributed by atoms with Crippen LogP contribution in [0.5, 0.6) is 5.75 Å². The summed E-state index contributed by atoms with van der Waals surface area (Å²) in [5.74, 6) is -6.67. The molecule has 3 aliphatic rings. The zero-order valence-corrected chi connectivity index (χ0v) is 21.6. The van der Waals surface area contributed by atoms with E-state index in [2.05, 4.69) is 15.9 Å². The molecule has 0 spiro atoms. The molecular formula is C27H25BrN2O7. The van der Waals surface area contributed by atoms with Crippen molar-refractivity contribution < 1.29 is 34.8 Å². The number of phenols is 1. The number of Topliss-reactive ketones (excluding diaryl/α,β-unsaturated/α-hetero) is 2. The van der Waals surface area contributed by atoms with E-state index in [1.807, 2.05) is 24.3 Å². The molecule has 6 N–H and O–H groups in total. The zero-order valence-electron chi connectivity index (χ0n) is 20.0. The van der Waals surface area contributed by atoms with Gasteiger partial charge in [0.25, 0.3) is 5.91 Å². The Hall–Kier alpha value is -3.47. The van der Waals surface area contributed by atoms with Crippen molar-refractivity contribution in [2.24, 2.45) is 17.6 Å². The number of ketones is 2. The fourth-order valence-electron chi connectivity index (χ4n) is 6.17. The lowest BCUT2D eigenvalue weighted by atomic mass is 9.57. The lowest BCUT2D eigenvalue weighted by molar-refractivity contribution is -0.153. The molecule has 9 nitrogen and oxygen atoms in total. The summed E-state index contributed by atoms with van der Waals surface area (Å²) in [7, 11) is 3.13. The van der Waals surface area contributed by atoms with E-state index in [-0.39, 0.29) is 29.7 Å². The van der Waals surface area contributed by atoms with Gasteiger partial charge in [-0.3, -0.25) is 19.3 Å². The molecule has 3 aliphatic carbocycles. The van der Waals surface area contributed by atoms with Gasteiger partial charge >= 0.3 is 0 Å². The summed E-state index contributed by atoms with van der Waals surface area (Å²) in [4.78, 5) is 40.6. The van der Waals surface area contributed by atoms with E-state index in [0.717, 1.165) is 15.6 Å². The maximum absolute atomic E-state index is 13.9. The number of carbonyl (C=O) groups is 3. The molecule has 0 radical (unpaired) electrons. The number of hydrogen-bond donors (Lipinski definition) is 5. The van der Waals surface area contributed by atoms with Crippen LogP contribution < -0.4 is 5.73 Å². The second-order valence-corrected chi connectivity index (χ2v) is 10.9. The smallest absolute Gasteiger partial charge is 0.255 e. The van der Waals surface area contributed by atoms with Crippen LogP contribution in [0.25, 0.3) is 16.9 Å². The van der Waals surface area contributed by atoms with Crippen LogP contribution in [-0.2, 0) is 20.8 Å². The molecule has 192 valence electrons. The van der Waals surface area contributed by atoms with Crippen LogP contribution in [0.3, 0.4) is 0 Å². The standard InChI is InChI=1S/C27H25BrN2O7/c1-30(2)21-16-10-12-9-15-14(11-4-3-5-13(28)8-11)6-7-17(31)19(15)22(32)18(12)24(34)27(16,37)25(35)20(23(21)33)26(29)36/h3-8,12,16,21,31-32,35,37H,9-10H2,1-2H3,(H2,29,36)/t12-,16-,21-,27-/m0/s1.